The SMILES string of the molecule is CCC(CC)(CN)CN1CC(C)N(C)C(C)C1. The summed E-state index contributed by atoms with van der Waals surface area (Å²) in [5.41, 5.74) is 6.33. The number of hydrogen-bond acceptors (Lipinski definition) is 3. The zero-order chi connectivity index (χ0) is 13.1. The van der Waals surface area contributed by atoms with Crippen LogP contribution in [0.2, 0.25) is 0 Å². The molecule has 3 nitrogen and oxygen atoms in total. The average Bonchev–Trinajstić information content (AvgIpc) is 2.33. The molecule has 102 valence electrons. The minimum Gasteiger partial charge on any atom is -0.330 e. The Morgan fingerprint density at radius 1 is 1.12 bits per heavy atom. The number of nitrogens with zero attached hydrogens (tertiary/aromatic N) is 2. The molecular weight excluding hydrogens is 210 g/mol. The number of piperazine rings is 1. The predicted molar refractivity (Wildman–Crippen MR) is 75.2 cm³/mol. The van der Waals surface area contributed by atoms with Crippen molar-refractivity contribution in [2.24, 2.45) is 11.1 Å². The Morgan fingerprint density at radius 3 is 1.94 bits per heavy atom. The predicted octanol–water partition coefficient (Wildman–Crippen LogP) is 1.78. The Morgan fingerprint density at radius 2 is 1.59 bits per heavy atom. The van der Waals surface area contributed by atoms with Crippen molar-refractivity contribution in [3.05, 3.63) is 0 Å². The summed E-state index contributed by atoms with van der Waals surface area (Å²) >= 11 is 0. The van der Waals surface area contributed by atoms with Gasteiger partial charge in [-0.2, -0.15) is 0 Å². The molecular formula is C14H31N3. The van der Waals surface area contributed by atoms with Crippen molar-refractivity contribution in [3.63, 3.8) is 0 Å². The molecule has 1 aliphatic rings. The standard InChI is InChI=1S/C14H31N3/c1-6-14(7-2,10-15)11-17-8-12(3)16(5)13(4)9-17/h12-13H,6-11,15H2,1-5H3. The molecule has 1 saturated heterocycles. The van der Waals surface area contributed by atoms with Crippen LogP contribution in [0.1, 0.15) is 40.5 Å². The maximum atomic E-state index is 6.01. The Labute approximate surface area is 107 Å². The lowest BCUT2D eigenvalue weighted by atomic mass is 9.81. The quantitative estimate of drug-likeness (QED) is 0.796. The van der Waals surface area contributed by atoms with Crippen LogP contribution in [0.15, 0.2) is 0 Å². The molecule has 0 radical (unpaired) electrons. The molecule has 17 heavy (non-hydrogen) atoms. The highest BCUT2D eigenvalue weighted by molar-refractivity contribution is 4.88. The number of nitrogens with two attached hydrogens (primary N) is 1. The maximum Gasteiger partial charge on any atom is 0.0195 e. The van der Waals surface area contributed by atoms with Gasteiger partial charge in [-0.3, -0.25) is 9.80 Å². The maximum absolute atomic E-state index is 6.01. The van der Waals surface area contributed by atoms with Crippen LogP contribution in [0.25, 0.3) is 0 Å². The molecule has 2 N–H and O–H groups in total. The molecule has 3 heteroatoms. The molecule has 1 fully saturated rings. The van der Waals surface area contributed by atoms with E-state index in [-0.39, 0.29) is 0 Å². The summed E-state index contributed by atoms with van der Waals surface area (Å²) in [6, 6.07) is 1.31. The van der Waals surface area contributed by atoms with Gasteiger partial charge in [0.1, 0.15) is 0 Å². The van der Waals surface area contributed by atoms with Gasteiger partial charge >= 0.3 is 0 Å². The van der Waals surface area contributed by atoms with E-state index in [1.165, 1.54) is 32.5 Å². The van der Waals surface area contributed by atoms with Crippen molar-refractivity contribution < 1.29 is 0 Å². The van der Waals surface area contributed by atoms with Crippen LogP contribution in [0.4, 0.5) is 0 Å². The summed E-state index contributed by atoms with van der Waals surface area (Å²) in [7, 11) is 2.24. The van der Waals surface area contributed by atoms with Crippen LogP contribution in [0, 0.1) is 5.41 Å². The zero-order valence-electron chi connectivity index (χ0n) is 12.4. The molecule has 2 atom stereocenters. The molecule has 0 saturated carbocycles. The lowest BCUT2D eigenvalue weighted by molar-refractivity contribution is 0.0304. The molecule has 1 heterocycles. The molecule has 0 aliphatic carbocycles. The van der Waals surface area contributed by atoms with Gasteiger partial charge < -0.3 is 5.73 Å². The Balaban J connectivity index is 2.62. The van der Waals surface area contributed by atoms with Crippen LogP contribution < -0.4 is 5.73 Å². The lowest BCUT2D eigenvalue weighted by Crippen LogP contribution is -2.57. The van der Waals surface area contributed by atoms with Crippen LogP contribution in [0.5, 0.6) is 0 Å². The van der Waals surface area contributed by atoms with Gasteiger partial charge in [-0.1, -0.05) is 13.8 Å². The normalized spacial score (nSPS) is 28.6. The van der Waals surface area contributed by atoms with Gasteiger partial charge in [0, 0.05) is 31.7 Å². The van der Waals surface area contributed by atoms with Gasteiger partial charge in [0.2, 0.25) is 0 Å². The van der Waals surface area contributed by atoms with Crippen molar-refractivity contribution >= 4 is 0 Å². The van der Waals surface area contributed by atoms with E-state index in [9.17, 15) is 0 Å². The molecule has 1 rings (SSSR count). The average molecular weight is 241 g/mol. The Kier molecular flexibility index (Phi) is 5.42. The molecule has 0 amide bonds. The van der Waals surface area contributed by atoms with Crippen molar-refractivity contribution in [1.29, 1.82) is 0 Å². The van der Waals surface area contributed by atoms with E-state index in [1.54, 1.807) is 0 Å². The third-order valence-corrected chi connectivity index (χ3v) is 4.93. The first-order valence-electron chi connectivity index (χ1n) is 7.12. The van der Waals surface area contributed by atoms with E-state index >= 15 is 0 Å². The first-order chi connectivity index (χ1) is 7.98. The molecule has 2 unspecified atom stereocenters. The lowest BCUT2D eigenvalue weighted by Gasteiger charge is -2.46. The van der Waals surface area contributed by atoms with E-state index in [0.717, 1.165) is 6.54 Å². The van der Waals surface area contributed by atoms with Crippen LogP contribution in [0.3, 0.4) is 0 Å². The molecule has 0 bridgehead atoms. The van der Waals surface area contributed by atoms with Crippen LogP contribution >= 0.6 is 0 Å². The fraction of sp³-hybridized carbons (Fsp3) is 1.00. The van der Waals surface area contributed by atoms with Gasteiger partial charge in [0.25, 0.3) is 0 Å². The van der Waals surface area contributed by atoms with Gasteiger partial charge in [-0.25, -0.2) is 0 Å². The molecule has 0 aromatic heterocycles. The number of likely N-dealkylation sites (N-methyl/N-ethyl adjacent to an activating group) is 1. The molecule has 1 aliphatic heterocycles. The Bertz CT molecular complexity index is 205. The van der Waals surface area contributed by atoms with E-state index in [0.29, 0.717) is 17.5 Å². The van der Waals surface area contributed by atoms with Crippen molar-refractivity contribution in [2.45, 2.75) is 52.6 Å². The van der Waals surface area contributed by atoms with Gasteiger partial charge in [0.15, 0.2) is 0 Å². The fourth-order valence-corrected chi connectivity index (χ4v) is 2.94. The second kappa shape index (κ2) is 6.17. The van der Waals surface area contributed by atoms with Gasteiger partial charge in [-0.05, 0) is 45.7 Å². The number of hydrogen-bond donors (Lipinski definition) is 1. The van der Waals surface area contributed by atoms with Crippen LogP contribution in [-0.4, -0.2) is 55.1 Å². The largest absolute Gasteiger partial charge is 0.330 e. The smallest absolute Gasteiger partial charge is 0.0195 e. The summed E-state index contributed by atoms with van der Waals surface area (Å²) in [6.07, 6.45) is 2.38. The second-order valence-electron chi connectivity index (χ2n) is 5.97. The molecule has 0 aromatic rings. The van der Waals surface area contributed by atoms with E-state index in [4.69, 9.17) is 5.73 Å². The van der Waals surface area contributed by atoms with Crippen molar-refractivity contribution in [3.8, 4) is 0 Å². The van der Waals surface area contributed by atoms with E-state index < -0.39 is 0 Å². The summed E-state index contributed by atoms with van der Waals surface area (Å²) < 4.78 is 0. The fourth-order valence-electron chi connectivity index (χ4n) is 2.94. The summed E-state index contributed by atoms with van der Waals surface area (Å²) in [5, 5.41) is 0. The third-order valence-electron chi connectivity index (χ3n) is 4.93. The zero-order valence-corrected chi connectivity index (χ0v) is 12.4. The van der Waals surface area contributed by atoms with Gasteiger partial charge in [-0.15, -0.1) is 0 Å². The second-order valence-corrected chi connectivity index (χ2v) is 5.97. The highest BCUT2D eigenvalue weighted by Crippen LogP contribution is 2.27. The van der Waals surface area contributed by atoms with E-state index in [2.05, 4.69) is 44.5 Å². The van der Waals surface area contributed by atoms with E-state index in [1.807, 2.05) is 0 Å². The van der Waals surface area contributed by atoms with Crippen LogP contribution in [-0.2, 0) is 0 Å². The summed E-state index contributed by atoms with van der Waals surface area (Å²) in [6.45, 7) is 13.5. The highest BCUT2D eigenvalue weighted by Gasteiger charge is 2.32. The summed E-state index contributed by atoms with van der Waals surface area (Å²) in [4.78, 5) is 5.10. The highest BCUT2D eigenvalue weighted by atomic mass is 15.3. The van der Waals surface area contributed by atoms with Gasteiger partial charge in [0.05, 0.1) is 0 Å². The first-order valence-corrected chi connectivity index (χ1v) is 7.12. The third kappa shape index (κ3) is 3.43. The topological polar surface area (TPSA) is 32.5 Å². The van der Waals surface area contributed by atoms with Crippen molar-refractivity contribution in [1.82, 2.24) is 9.80 Å². The molecule has 0 spiro atoms. The van der Waals surface area contributed by atoms with Crippen molar-refractivity contribution in [2.75, 3.05) is 33.2 Å². The minimum absolute atomic E-state index is 0.329. The number of rotatable bonds is 5. The summed E-state index contributed by atoms with van der Waals surface area (Å²) in [5.74, 6) is 0. The Hall–Kier alpha value is -0.120. The first kappa shape index (κ1) is 14.9. The molecule has 0 aromatic carbocycles. The minimum atomic E-state index is 0.329. The monoisotopic (exact) mass is 241 g/mol.